The predicted octanol–water partition coefficient (Wildman–Crippen LogP) is 3.32. The summed E-state index contributed by atoms with van der Waals surface area (Å²) in [5.41, 5.74) is 0.249. The van der Waals surface area contributed by atoms with E-state index < -0.39 is 5.82 Å². The van der Waals surface area contributed by atoms with E-state index in [0.717, 1.165) is 30.4 Å². The highest BCUT2D eigenvalue weighted by molar-refractivity contribution is 9.10. The number of halogens is 2. The molecule has 1 aliphatic rings. The topological polar surface area (TPSA) is 70.7 Å². The van der Waals surface area contributed by atoms with Crippen molar-refractivity contribution in [2.45, 2.75) is 18.9 Å². The van der Waals surface area contributed by atoms with Crippen LogP contribution < -0.4 is 15.4 Å². The molecular weight excluding hydrogens is 441 g/mol. The van der Waals surface area contributed by atoms with Crippen LogP contribution in [-0.4, -0.2) is 49.4 Å². The molecule has 1 aliphatic heterocycles. The highest BCUT2D eigenvalue weighted by Gasteiger charge is 2.22. The Labute approximate surface area is 177 Å². The van der Waals surface area contributed by atoms with E-state index in [0.29, 0.717) is 12.3 Å². The molecular formula is C21H23BrFN3O3. The molecule has 0 aromatic heterocycles. The van der Waals surface area contributed by atoms with Crippen molar-refractivity contribution in [3.63, 3.8) is 0 Å². The van der Waals surface area contributed by atoms with Gasteiger partial charge < -0.3 is 15.4 Å². The van der Waals surface area contributed by atoms with E-state index in [2.05, 4.69) is 31.5 Å². The van der Waals surface area contributed by atoms with Gasteiger partial charge in [-0.05, 0) is 55.3 Å². The van der Waals surface area contributed by atoms with Crippen LogP contribution in [0.5, 0.6) is 11.5 Å². The first-order chi connectivity index (χ1) is 13.9. The number of piperidine rings is 1. The Kier molecular flexibility index (Phi) is 7.22. The largest absolute Gasteiger partial charge is 0.454 e. The SMILES string of the molecule is CNC(=O)CN1CCC(NC(=O)c2ccc(Oc3ccc(Br)cc3)c(F)c2)CC1. The molecule has 2 amide bonds. The first kappa shape index (κ1) is 21.3. The smallest absolute Gasteiger partial charge is 0.251 e. The molecule has 3 rings (SSSR count). The van der Waals surface area contributed by atoms with Crippen molar-refractivity contribution >= 4 is 27.7 Å². The highest BCUT2D eigenvalue weighted by atomic mass is 79.9. The fourth-order valence-corrected chi connectivity index (χ4v) is 3.41. The molecule has 154 valence electrons. The molecule has 0 bridgehead atoms. The quantitative estimate of drug-likeness (QED) is 0.689. The standard InChI is InChI=1S/C21H23BrFN3O3/c1-24-20(27)13-26-10-8-16(9-11-26)25-21(28)14-2-7-19(18(23)12-14)29-17-5-3-15(22)4-6-17/h2-7,12,16H,8-11,13H2,1H3,(H,24,27)(H,25,28). The van der Waals surface area contributed by atoms with Crippen LogP contribution in [0.25, 0.3) is 0 Å². The lowest BCUT2D eigenvalue weighted by atomic mass is 10.0. The van der Waals surface area contributed by atoms with Crippen molar-refractivity contribution in [3.8, 4) is 11.5 Å². The number of hydrogen-bond donors (Lipinski definition) is 2. The zero-order valence-electron chi connectivity index (χ0n) is 16.1. The van der Waals surface area contributed by atoms with E-state index in [1.165, 1.54) is 12.1 Å². The molecule has 6 nitrogen and oxygen atoms in total. The molecule has 0 saturated carbocycles. The van der Waals surface area contributed by atoms with E-state index in [9.17, 15) is 14.0 Å². The summed E-state index contributed by atoms with van der Waals surface area (Å²) in [7, 11) is 1.61. The Bertz CT molecular complexity index is 868. The summed E-state index contributed by atoms with van der Waals surface area (Å²) in [5, 5.41) is 5.55. The maximum atomic E-state index is 14.4. The minimum Gasteiger partial charge on any atom is -0.454 e. The van der Waals surface area contributed by atoms with E-state index in [4.69, 9.17) is 4.74 Å². The number of hydrogen-bond acceptors (Lipinski definition) is 4. The van der Waals surface area contributed by atoms with E-state index >= 15 is 0 Å². The zero-order chi connectivity index (χ0) is 20.8. The molecule has 0 aliphatic carbocycles. The normalized spacial score (nSPS) is 15.0. The molecule has 0 unspecified atom stereocenters. The molecule has 8 heteroatoms. The van der Waals surface area contributed by atoms with Crippen molar-refractivity contribution in [2.24, 2.45) is 0 Å². The summed E-state index contributed by atoms with van der Waals surface area (Å²) in [4.78, 5) is 26.0. The van der Waals surface area contributed by atoms with Crippen LogP contribution in [0.4, 0.5) is 4.39 Å². The minimum atomic E-state index is -0.596. The average molecular weight is 464 g/mol. The molecule has 2 aromatic carbocycles. The lowest BCUT2D eigenvalue weighted by Gasteiger charge is -2.31. The Morgan fingerprint density at radius 2 is 1.86 bits per heavy atom. The van der Waals surface area contributed by atoms with Crippen LogP contribution in [0.2, 0.25) is 0 Å². The Hall–Kier alpha value is -2.45. The van der Waals surface area contributed by atoms with Crippen molar-refractivity contribution in [1.29, 1.82) is 0 Å². The third kappa shape index (κ3) is 6.01. The van der Waals surface area contributed by atoms with Crippen LogP contribution in [0, 0.1) is 5.82 Å². The van der Waals surface area contributed by atoms with Gasteiger partial charge in [-0.15, -0.1) is 0 Å². The molecule has 1 heterocycles. The molecule has 2 aromatic rings. The summed E-state index contributed by atoms with van der Waals surface area (Å²) in [6, 6.07) is 11.2. The van der Waals surface area contributed by atoms with Crippen molar-refractivity contribution in [2.75, 3.05) is 26.7 Å². The van der Waals surface area contributed by atoms with Gasteiger partial charge in [0, 0.05) is 36.2 Å². The summed E-state index contributed by atoms with van der Waals surface area (Å²) >= 11 is 3.33. The zero-order valence-corrected chi connectivity index (χ0v) is 17.7. The maximum Gasteiger partial charge on any atom is 0.251 e. The summed E-state index contributed by atoms with van der Waals surface area (Å²) < 4.78 is 20.8. The van der Waals surface area contributed by atoms with Gasteiger partial charge in [0.2, 0.25) is 5.91 Å². The van der Waals surface area contributed by atoms with Gasteiger partial charge in [0.15, 0.2) is 11.6 Å². The van der Waals surface area contributed by atoms with Gasteiger partial charge >= 0.3 is 0 Å². The van der Waals surface area contributed by atoms with Crippen LogP contribution >= 0.6 is 15.9 Å². The fraction of sp³-hybridized carbons (Fsp3) is 0.333. The fourth-order valence-electron chi connectivity index (χ4n) is 3.14. The number of likely N-dealkylation sites (tertiary alicyclic amines) is 1. The summed E-state index contributed by atoms with van der Waals surface area (Å²) in [6.07, 6.45) is 1.49. The van der Waals surface area contributed by atoms with Gasteiger partial charge in [0.1, 0.15) is 5.75 Å². The molecule has 1 fully saturated rings. The van der Waals surface area contributed by atoms with E-state index in [-0.39, 0.29) is 29.2 Å². The highest BCUT2D eigenvalue weighted by Crippen LogP contribution is 2.26. The number of rotatable bonds is 6. The molecule has 0 atom stereocenters. The Morgan fingerprint density at radius 3 is 2.48 bits per heavy atom. The first-order valence-electron chi connectivity index (χ1n) is 9.41. The molecule has 0 spiro atoms. The summed E-state index contributed by atoms with van der Waals surface area (Å²) in [5.74, 6) is -0.364. The number of ether oxygens (including phenoxy) is 1. The number of carbonyl (C=O) groups is 2. The predicted molar refractivity (Wildman–Crippen MR) is 112 cm³/mol. The Balaban J connectivity index is 1.54. The number of benzene rings is 2. The number of likely N-dealkylation sites (N-methyl/N-ethyl adjacent to an activating group) is 1. The number of carbonyl (C=O) groups excluding carboxylic acids is 2. The van der Waals surface area contributed by atoms with Crippen molar-refractivity contribution in [1.82, 2.24) is 15.5 Å². The number of nitrogens with zero attached hydrogens (tertiary/aromatic N) is 1. The average Bonchev–Trinajstić information content (AvgIpc) is 2.72. The number of nitrogens with one attached hydrogen (secondary N) is 2. The molecule has 2 N–H and O–H groups in total. The molecule has 0 radical (unpaired) electrons. The minimum absolute atomic E-state index is 0.00481. The number of amides is 2. The third-order valence-corrected chi connectivity index (χ3v) is 5.33. The monoisotopic (exact) mass is 463 g/mol. The molecule has 1 saturated heterocycles. The van der Waals surface area contributed by atoms with Gasteiger partial charge in [-0.3, -0.25) is 14.5 Å². The maximum absolute atomic E-state index is 14.4. The van der Waals surface area contributed by atoms with E-state index in [1.54, 1.807) is 37.4 Å². The van der Waals surface area contributed by atoms with Gasteiger partial charge in [-0.25, -0.2) is 4.39 Å². The lowest BCUT2D eigenvalue weighted by Crippen LogP contribution is -2.47. The second kappa shape index (κ2) is 9.84. The van der Waals surface area contributed by atoms with Crippen LogP contribution in [-0.2, 0) is 4.79 Å². The van der Waals surface area contributed by atoms with Crippen LogP contribution in [0.1, 0.15) is 23.2 Å². The van der Waals surface area contributed by atoms with Gasteiger partial charge in [-0.2, -0.15) is 0 Å². The van der Waals surface area contributed by atoms with Crippen LogP contribution in [0.15, 0.2) is 46.9 Å². The second-order valence-corrected chi connectivity index (χ2v) is 7.81. The van der Waals surface area contributed by atoms with Gasteiger partial charge in [0.25, 0.3) is 5.91 Å². The van der Waals surface area contributed by atoms with Gasteiger partial charge in [0.05, 0.1) is 6.54 Å². The lowest BCUT2D eigenvalue weighted by molar-refractivity contribution is -0.122. The van der Waals surface area contributed by atoms with Crippen molar-refractivity contribution in [3.05, 3.63) is 58.3 Å². The molecule has 29 heavy (non-hydrogen) atoms. The van der Waals surface area contributed by atoms with Crippen molar-refractivity contribution < 1.29 is 18.7 Å². The van der Waals surface area contributed by atoms with E-state index in [1.807, 2.05) is 0 Å². The summed E-state index contributed by atoms with van der Waals surface area (Å²) in [6.45, 7) is 1.82. The third-order valence-electron chi connectivity index (χ3n) is 4.80. The van der Waals surface area contributed by atoms with Gasteiger partial charge in [-0.1, -0.05) is 15.9 Å². The second-order valence-electron chi connectivity index (χ2n) is 6.90. The Morgan fingerprint density at radius 1 is 1.17 bits per heavy atom. The first-order valence-corrected chi connectivity index (χ1v) is 10.2. The van der Waals surface area contributed by atoms with Crippen LogP contribution in [0.3, 0.4) is 0 Å².